The molecular weight excluding hydrogens is 544 g/mol. The van der Waals surface area contributed by atoms with Gasteiger partial charge >= 0.3 is 0 Å². The van der Waals surface area contributed by atoms with E-state index in [1.54, 1.807) is 42.8 Å². The predicted molar refractivity (Wildman–Crippen MR) is 138 cm³/mol. The number of thiocarbonyl (C=S) groups is 1. The average molecular weight is 562 g/mol. The number of carbonyl (C=O) groups is 2. The summed E-state index contributed by atoms with van der Waals surface area (Å²) in [6.45, 7) is 0.394. The fourth-order valence-corrected chi connectivity index (χ4v) is 4.97. The largest absolute Gasteiger partial charge is 0.493 e. The van der Waals surface area contributed by atoms with Crippen LogP contribution < -0.4 is 14.9 Å². The molecule has 3 aromatic rings. The molecule has 1 aliphatic heterocycles. The summed E-state index contributed by atoms with van der Waals surface area (Å²) in [5.74, 6) is 0.372. The Labute approximate surface area is 212 Å². The van der Waals surface area contributed by atoms with E-state index in [9.17, 15) is 9.59 Å². The van der Waals surface area contributed by atoms with Gasteiger partial charge in [0.25, 0.3) is 11.8 Å². The molecule has 0 unspecified atom stereocenters. The number of ether oxygens (including phenoxy) is 2. The van der Waals surface area contributed by atoms with Gasteiger partial charge in [-0.3, -0.25) is 15.0 Å². The Bertz CT molecular complexity index is 1230. The van der Waals surface area contributed by atoms with Gasteiger partial charge in [-0.25, -0.2) is 0 Å². The quantitative estimate of drug-likeness (QED) is 0.297. The Balaban J connectivity index is 1.46. The highest BCUT2D eigenvalue weighted by atomic mass is 79.9. The fourth-order valence-electron chi connectivity index (χ4n) is 2.91. The van der Waals surface area contributed by atoms with E-state index in [1.165, 1.54) is 11.3 Å². The molecule has 0 aliphatic carbocycles. The summed E-state index contributed by atoms with van der Waals surface area (Å²) in [7, 11) is 1.56. The molecule has 168 valence electrons. The number of halogens is 1. The number of nitrogens with one attached hydrogen (secondary N) is 1. The van der Waals surface area contributed by atoms with Crippen molar-refractivity contribution in [3.8, 4) is 11.5 Å². The molecule has 2 amide bonds. The second-order valence-corrected chi connectivity index (χ2v) is 10.3. The molecule has 0 saturated carbocycles. The number of hydrogen-bond donors (Lipinski definition) is 1. The zero-order chi connectivity index (χ0) is 23.4. The smallest absolute Gasteiger partial charge is 0.285 e. The van der Waals surface area contributed by atoms with E-state index in [0.29, 0.717) is 27.9 Å². The zero-order valence-corrected chi connectivity index (χ0v) is 21.3. The van der Waals surface area contributed by atoms with Gasteiger partial charge in [-0.1, -0.05) is 52.0 Å². The van der Waals surface area contributed by atoms with Gasteiger partial charge in [0, 0.05) is 4.47 Å². The molecule has 1 N–H and O–H groups in total. The summed E-state index contributed by atoms with van der Waals surface area (Å²) in [5, 5.41) is 2.89. The maximum Gasteiger partial charge on any atom is 0.285 e. The van der Waals surface area contributed by atoms with Crippen molar-refractivity contribution in [2.45, 2.75) is 6.61 Å². The lowest BCUT2D eigenvalue weighted by Gasteiger charge is -2.14. The van der Waals surface area contributed by atoms with Crippen LogP contribution in [-0.4, -0.2) is 28.3 Å². The molecule has 2 heterocycles. The fraction of sp³-hybridized carbons (Fsp3) is 0.0870. The molecule has 0 spiro atoms. The molecule has 2 aromatic carbocycles. The molecule has 6 nitrogen and oxygen atoms in total. The number of carbonyl (C=O) groups excluding carboxylic acids is 2. The summed E-state index contributed by atoms with van der Waals surface area (Å²) >= 11 is 11.1. The third-order valence-electron chi connectivity index (χ3n) is 4.55. The minimum Gasteiger partial charge on any atom is -0.493 e. The number of benzene rings is 2. The van der Waals surface area contributed by atoms with Crippen molar-refractivity contribution in [2.24, 2.45) is 0 Å². The van der Waals surface area contributed by atoms with Crippen molar-refractivity contribution in [3.63, 3.8) is 0 Å². The van der Waals surface area contributed by atoms with E-state index in [1.807, 2.05) is 30.3 Å². The van der Waals surface area contributed by atoms with Gasteiger partial charge in [0.1, 0.15) is 6.61 Å². The number of hydrazine groups is 1. The van der Waals surface area contributed by atoms with Gasteiger partial charge in [0.15, 0.2) is 15.8 Å². The maximum atomic E-state index is 12.8. The molecule has 0 atom stereocenters. The maximum absolute atomic E-state index is 12.8. The SMILES string of the molecule is COc1cc(/C=C2\SC(=S)N(NC(=O)c3cccs3)C2=O)ccc1OCc1ccc(Br)cc1. The second-order valence-electron chi connectivity index (χ2n) is 6.76. The first-order valence-electron chi connectivity index (χ1n) is 9.62. The van der Waals surface area contributed by atoms with E-state index in [-0.39, 0.29) is 16.1 Å². The molecule has 1 aromatic heterocycles. The highest BCUT2D eigenvalue weighted by molar-refractivity contribution is 9.10. The van der Waals surface area contributed by atoms with E-state index in [0.717, 1.165) is 32.4 Å². The third-order valence-corrected chi connectivity index (χ3v) is 7.24. The van der Waals surface area contributed by atoms with Crippen LogP contribution in [0.2, 0.25) is 0 Å². The first kappa shape index (κ1) is 23.5. The van der Waals surface area contributed by atoms with Crippen LogP contribution in [0, 0.1) is 0 Å². The minimum absolute atomic E-state index is 0.262. The summed E-state index contributed by atoms with van der Waals surface area (Å²) in [5.41, 5.74) is 4.34. The highest BCUT2D eigenvalue weighted by Gasteiger charge is 2.34. The second kappa shape index (κ2) is 10.5. The molecular formula is C23H17BrN2O4S3. The predicted octanol–water partition coefficient (Wildman–Crippen LogP) is 5.64. The standard InChI is InChI=1S/C23H17BrN2O4S3/c1-29-18-11-15(6-9-17(18)30-13-14-4-7-16(24)8-5-14)12-20-22(28)26(23(31)33-20)25-21(27)19-3-2-10-32-19/h2-12H,13H2,1H3,(H,25,27)/b20-12-. The lowest BCUT2D eigenvalue weighted by molar-refractivity contribution is -0.123. The Morgan fingerprint density at radius 2 is 1.97 bits per heavy atom. The van der Waals surface area contributed by atoms with E-state index in [2.05, 4.69) is 21.4 Å². The number of hydrogen-bond acceptors (Lipinski definition) is 7. The lowest BCUT2D eigenvalue weighted by atomic mass is 10.2. The van der Waals surface area contributed by atoms with E-state index < -0.39 is 0 Å². The Kier molecular flexibility index (Phi) is 7.49. The van der Waals surface area contributed by atoms with Crippen molar-refractivity contribution in [1.29, 1.82) is 0 Å². The number of amides is 2. The van der Waals surface area contributed by atoms with Crippen molar-refractivity contribution in [3.05, 3.63) is 85.4 Å². The first-order valence-corrected chi connectivity index (χ1v) is 12.5. The van der Waals surface area contributed by atoms with E-state index in [4.69, 9.17) is 21.7 Å². The summed E-state index contributed by atoms with van der Waals surface area (Å²) < 4.78 is 12.6. The van der Waals surface area contributed by atoms with Crippen LogP contribution in [0.4, 0.5) is 0 Å². The Morgan fingerprint density at radius 1 is 1.18 bits per heavy atom. The first-order chi connectivity index (χ1) is 15.9. The summed E-state index contributed by atoms with van der Waals surface area (Å²) in [6, 6.07) is 16.7. The van der Waals surface area contributed by atoms with Crippen LogP contribution >= 0.6 is 51.2 Å². The van der Waals surface area contributed by atoms with Gasteiger partial charge in [-0.15, -0.1) is 11.3 Å². The molecule has 0 bridgehead atoms. The van der Waals surface area contributed by atoms with Gasteiger partial charge in [-0.2, -0.15) is 5.01 Å². The van der Waals surface area contributed by atoms with Gasteiger partial charge < -0.3 is 9.47 Å². The summed E-state index contributed by atoms with van der Waals surface area (Å²) in [6.07, 6.45) is 1.71. The molecule has 1 aliphatic rings. The molecule has 1 fully saturated rings. The number of thiophene rings is 1. The topological polar surface area (TPSA) is 67.9 Å². The van der Waals surface area contributed by atoms with Crippen LogP contribution in [-0.2, 0) is 11.4 Å². The normalized spacial score (nSPS) is 14.6. The van der Waals surface area contributed by atoms with Gasteiger partial charge in [0.2, 0.25) is 0 Å². The minimum atomic E-state index is -0.385. The Hall–Kier alpha value is -2.66. The number of nitrogens with zero attached hydrogens (tertiary/aromatic N) is 1. The highest BCUT2D eigenvalue weighted by Crippen LogP contribution is 2.34. The zero-order valence-electron chi connectivity index (χ0n) is 17.2. The van der Waals surface area contributed by atoms with Crippen LogP contribution in [0.15, 0.2) is 69.4 Å². The molecule has 10 heteroatoms. The van der Waals surface area contributed by atoms with E-state index >= 15 is 0 Å². The molecule has 4 rings (SSSR count). The molecule has 0 radical (unpaired) electrons. The van der Waals surface area contributed by atoms with Crippen LogP contribution in [0.5, 0.6) is 11.5 Å². The van der Waals surface area contributed by atoms with Crippen molar-refractivity contribution in [2.75, 3.05) is 7.11 Å². The van der Waals surface area contributed by atoms with Gasteiger partial charge in [0.05, 0.1) is 16.9 Å². The molecule has 1 saturated heterocycles. The Morgan fingerprint density at radius 3 is 2.67 bits per heavy atom. The lowest BCUT2D eigenvalue weighted by Crippen LogP contribution is -2.44. The third kappa shape index (κ3) is 5.64. The summed E-state index contributed by atoms with van der Waals surface area (Å²) in [4.78, 5) is 26.0. The van der Waals surface area contributed by atoms with Crippen LogP contribution in [0.1, 0.15) is 20.8 Å². The van der Waals surface area contributed by atoms with Gasteiger partial charge in [-0.05, 0) is 65.1 Å². The number of methoxy groups -OCH3 is 1. The van der Waals surface area contributed by atoms with Crippen LogP contribution in [0.3, 0.4) is 0 Å². The van der Waals surface area contributed by atoms with Crippen LogP contribution in [0.25, 0.3) is 6.08 Å². The van der Waals surface area contributed by atoms with Crippen molar-refractivity contribution in [1.82, 2.24) is 10.4 Å². The van der Waals surface area contributed by atoms with Crippen molar-refractivity contribution < 1.29 is 19.1 Å². The van der Waals surface area contributed by atoms with Crippen molar-refractivity contribution >= 4 is 73.5 Å². The number of rotatable bonds is 7. The average Bonchev–Trinajstić information content (AvgIpc) is 3.44. The number of thioether (sulfide) groups is 1. The monoisotopic (exact) mass is 560 g/mol. The molecule has 33 heavy (non-hydrogen) atoms.